The first-order valence-electron chi connectivity index (χ1n) is 6.59. The van der Waals surface area contributed by atoms with Gasteiger partial charge < -0.3 is 10.0 Å². The van der Waals surface area contributed by atoms with E-state index in [0.29, 0.717) is 24.7 Å². The van der Waals surface area contributed by atoms with Crippen LogP contribution in [0.5, 0.6) is 0 Å². The predicted molar refractivity (Wildman–Crippen MR) is 69.2 cm³/mol. The lowest BCUT2D eigenvalue weighted by atomic mass is 9.96. The van der Waals surface area contributed by atoms with Gasteiger partial charge in [0.25, 0.3) is 0 Å². The third-order valence-corrected chi connectivity index (χ3v) is 3.90. The van der Waals surface area contributed by atoms with Crippen LogP contribution in [0, 0.1) is 0 Å². The molecule has 1 heterocycles. The number of rotatable bonds is 5. The normalized spacial score (nSPS) is 26.7. The standard InChI is InChI=1S/C13H26N2O2/c1-10(2)15(8-6-13(16)17)12-5-7-14(4)11(3)9-12/h10-12H,5-9H2,1-4H3,(H,16,17). The second kappa shape index (κ2) is 6.36. The molecule has 0 aliphatic carbocycles. The van der Waals surface area contributed by atoms with E-state index >= 15 is 0 Å². The van der Waals surface area contributed by atoms with E-state index in [-0.39, 0.29) is 6.42 Å². The Morgan fingerprint density at radius 3 is 2.65 bits per heavy atom. The maximum Gasteiger partial charge on any atom is 0.304 e. The number of carboxylic acids is 1. The van der Waals surface area contributed by atoms with Gasteiger partial charge >= 0.3 is 5.97 Å². The van der Waals surface area contributed by atoms with Gasteiger partial charge in [-0.1, -0.05) is 0 Å². The molecule has 0 saturated carbocycles. The molecule has 0 spiro atoms. The maximum atomic E-state index is 10.7. The zero-order chi connectivity index (χ0) is 13.0. The van der Waals surface area contributed by atoms with Gasteiger partial charge in [0.1, 0.15) is 0 Å². The van der Waals surface area contributed by atoms with Gasteiger partial charge in [-0.3, -0.25) is 9.69 Å². The molecule has 1 saturated heterocycles. The molecule has 17 heavy (non-hydrogen) atoms. The summed E-state index contributed by atoms with van der Waals surface area (Å²) in [6, 6.07) is 1.57. The minimum Gasteiger partial charge on any atom is -0.481 e. The molecule has 2 atom stereocenters. The van der Waals surface area contributed by atoms with Crippen molar-refractivity contribution in [1.82, 2.24) is 9.80 Å². The summed E-state index contributed by atoms with van der Waals surface area (Å²) in [5.74, 6) is -0.698. The third kappa shape index (κ3) is 4.28. The molecule has 1 rings (SSSR count). The minimum atomic E-state index is -0.698. The summed E-state index contributed by atoms with van der Waals surface area (Å²) >= 11 is 0. The average Bonchev–Trinajstić information content (AvgIpc) is 2.22. The van der Waals surface area contributed by atoms with E-state index in [2.05, 4.69) is 37.6 Å². The molecule has 1 aliphatic rings. The van der Waals surface area contributed by atoms with Gasteiger partial charge in [0, 0.05) is 24.7 Å². The molecule has 0 amide bonds. The van der Waals surface area contributed by atoms with Crippen molar-refractivity contribution in [2.45, 2.75) is 58.2 Å². The number of hydrogen-bond donors (Lipinski definition) is 1. The summed E-state index contributed by atoms with van der Waals surface area (Å²) in [6.45, 7) is 8.35. The monoisotopic (exact) mass is 242 g/mol. The van der Waals surface area contributed by atoms with Crippen LogP contribution < -0.4 is 0 Å². The highest BCUT2D eigenvalue weighted by atomic mass is 16.4. The van der Waals surface area contributed by atoms with Crippen LogP contribution in [0.1, 0.15) is 40.0 Å². The van der Waals surface area contributed by atoms with Crippen molar-refractivity contribution in [2.75, 3.05) is 20.1 Å². The van der Waals surface area contributed by atoms with Crippen LogP contribution in [0.15, 0.2) is 0 Å². The van der Waals surface area contributed by atoms with E-state index in [4.69, 9.17) is 5.11 Å². The Morgan fingerprint density at radius 1 is 1.53 bits per heavy atom. The lowest BCUT2D eigenvalue weighted by Crippen LogP contribution is -2.50. The van der Waals surface area contributed by atoms with E-state index < -0.39 is 5.97 Å². The van der Waals surface area contributed by atoms with Gasteiger partial charge in [-0.05, 0) is 47.2 Å². The Hall–Kier alpha value is -0.610. The van der Waals surface area contributed by atoms with Gasteiger partial charge in [-0.2, -0.15) is 0 Å². The van der Waals surface area contributed by atoms with Crippen LogP contribution in [0.2, 0.25) is 0 Å². The van der Waals surface area contributed by atoms with Gasteiger partial charge in [0.15, 0.2) is 0 Å². The fourth-order valence-corrected chi connectivity index (χ4v) is 2.65. The fourth-order valence-electron chi connectivity index (χ4n) is 2.65. The Bertz CT molecular complexity index is 256. The summed E-state index contributed by atoms with van der Waals surface area (Å²) < 4.78 is 0. The van der Waals surface area contributed by atoms with Crippen molar-refractivity contribution in [3.63, 3.8) is 0 Å². The minimum absolute atomic E-state index is 0.249. The van der Waals surface area contributed by atoms with Crippen LogP contribution in [0.25, 0.3) is 0 Å². The molecule has 1 aliphatic heterocycles. The topological polar surface area (TPSA) is 43.8 Å². The van der Waals surface area contributed by atoms with Gasteiger partial charge in [-0.15, -0.1) is 0 Å². The molecule has 0 aromatic carbocycles. The SMILES string of the molecule is CC1CC(N(CCC(=O)O)C(C)C)CCN1C. The van der Waals surface area contributed by atoms with Crippen molar-refractivity contribution in [3.05, 3.63) is 0 Å². The molecule has 0 aromatic rings. The summed E-state index contributed by atoms with van der Waals surface area (Å²) in [7, 11) is 2.16. The number of aliphatic carboxylic acids is 1. The maximum absolute atomic E-state index is 10.7. The summed E-state index contributed by atoms with van der Waals surface area (Å²) in [4.78, 5) is 15.4. The van der Waals surface area contributed by atoms with Crippen molar-refractivity contribution < 1.29 is 9.90 Å². The number of carbonyl (C=O) groups is 1. The average molecular weight is 242 g/mol. The Morgan fingerprint density at radius 2 is 2.18 bits per heavy atom. The van der Waals surface area contributed by atoms with Gasteiger partial charge in [-0.25, -0.2) is 0 Å². The van der Waals surface area contributed by atoms with Crippen LogP contribution in [0.4, 0.5) is 0 Å². The Kier molecular flexibility index (Phi) is 5.40. The number of hydrogen-bond acceptors (Lipinski definition) is 3. The summed E-state index contributed by atoms with van der Waals surface area (Å²) in [5, 5.41) is 8.80. The highest BCUT2D eigenvalue weighted by Crippen LogP contribution is 2.22. The number of nitrogens with zero attached hydrogens (tertiary/aromatic N) is 2. The van der Waals surface area contributed by atoms with E-state index in [1.54, 1.807) is 0 Å². The lowest BCUT2D eigenvalue weighted by Gasteiger charge is -2.42. The molecule has 0 radical (unpaired) electrons. The first-order valence-corrected chi connectivity index (χ1v) is 6.59. The van der Waals surface area contributed by atoms with E-state index in [1.165, 1.54) is 0 Å². The number of carboxylic acid groups (broad SMARTS) is 1. The summed E-state index contributed by atoms with van der Waals surface area (Å²) in [6.07, 6.45) is 2.55. The highest BCUT2D eigenvalue weighted by Gasteiger charge is 2.28. The number of likely N-dealkylation sites (tertiary alicyclic amines) is 1. The molecule has 4 nitrogen and oxygen atoms in total. The molecular weight excluding hydrogens is 216 g/mol. The Balaban J connectivity index is 2.55. The Labute approximate surface area is 105 Å². The second-order valence-corrected chi connectivity index (χ2v) is 5.48. The fraction of sp³-hybridized carbons (Fsp3) is 0.923. The van der Waals surface area contributed by atoms with Gasteiger partial charge in [0.05, 0.1) is 6.42 Å². The van der Waals surface area contributed by atoms with Crippen LogP contribution in [-0.4, -0.2) is 59.1 Å². The molecule has 100 valence electrons. The lowest BCUT2D eigenvalue weighted by molar-refractivity contribution is -0.137. The second-order valence-electron chi connectivity index (χ2n) is 5.48. The third-order valence-electron chi connectivity index (χ3n) is 3.90. The molecule has 0 aromatic heterocycles. The largest absolute Gasteiger partial charge is 0.481 e. The van der Waals surface area contributed by atoms with Crippen molar-refractivity contribution in [1.29, 1.82) is 0 Å². The van der Waals surface area contributed by atoms with E-state index in [0.717, 1.165) is 19.4 Å². The summed E-state index contributed by atoms with van der Waals surface area (Å²) in [5.41, 5.74) is 0. The zero-order valence-electron chi connectivity index (χ0n) is 11.5. The highest BCUT2D eigenvalue weighted by molar-refractivity contribution is 5.66. The van der Waals surface area contributed by atoms with Gasteiger partial charge in [0.2, 0.25) is 0 Å². The van der Waals surface area contributed by atoms with Crippen molar-refractivity contribution in [3.8, 4) is 0 Å². The molecule has 0 bridgehead atoms. The molecule has 1 N–H and O–H groups in total. The first-order chi connectivity index (χ1) is 7.91. The van der Waals surface area contributed by atoms with E-state index in [1.807, 2.05) is 0 Å². The van der Waals surface area contributed by atoms with Crippen molar-refractivity contribution >= 4 is 5.97 Å². The van der Waals surface area contributed by atoms with E-state index in [9.17, 15) is 4.79 Å². The zero-order valence-corrected chi connectivity index (χ0v) is 11.5. The smallest absolute Gasteiger partial charge is 0.304 e. The molecule has 2 unspecified atom stereocenters. The van der Waals surface area contributed by atoms with Crippen LogP contribution in [0.3, 0.4) is 0 Å². The predicted octanol–water partition coefficient (Wildman–Crippen LogP) is 1.65. The van der Waals surface area contributed by atoms with Crippen LogP contribution in [-0.2, 0) is 4.79 Å². The van der Waals surface area contributed by atoms with Crippen molar-refractivity contribution in [2.24, 2.45) is 0 Å². The van der Waals surface area contributed by atoms with Crippen LogP contribution >= 0.6 is 0 Å². The molecule has 4 heteroatoms. The molecular formula is C13H26N2O2. The molecule has 1 fully saturated rings. The first kappa shape index (κ1) is 14.5. The number of piperidine rings is 1. The quantitative estimate of drug-likeness (QED) is 0.796.